The van der Waals surface area contributed by atoms with E-state index in [4.69, 9.17) is 4.74 Å². The van der Waals surface area contributed by atoms with Gasteiger partial charge in [0.05, 0.1) is 0 Å². The summed E-state index contributed by atoms with van der Waals surface area (Å²) in [7, 11) is 0. The molecule has 0 aromatic heterocycles. The van der Waals surface area contributed by atoms with E-state index in [-0.39, 0.29) is 12.5 Å². The van der Waals surface area contributed by atoms with E-state index in [9.17, 15) is 4.79 Å². The zero-order valence-corrected chi connectivity index (χ0v) is 14.3. The van der Waals surface area contributed by atoms with E-state index < -0.39 is 0 Å². The van der Waals surface area contributed by atoms with Crippen LogP contribution in [0.25, 0.3) is 0 Å². The van der Waals surface area contributed by atoms with Crippen molar-refractivity contribution < 1.29 is 9.53 Å². The minimum atomic E-state index is -0.146. The molecule has 1 N–H and O–H groups in total. The second-order valence-electron chi connectivity index (χ2n) is 6.34. The highest BCUT2D eigenvalue weighted by Crippen LogP contribution is 2.25. The molecule has 0 atom stereocenters. The molecule has 126 valence electrons. The molecule has 0 spiro atoms. The summed E-state index contributed by atoms with van der Waals surface area (Å²) in [6, 6.07) is 13.9. The number of aryl methyl sites for hydroxylation is 2. The van der Waals surface area contributed by atoms with Gasteiger partial charge in [-0.3, -0.25) is 4.79 Å². The first kappa shape index (κ1) is 16.4. The minimum absolute atomic E-state index is 0.0103. The number of hydrogen-bond donors (Lipinski definition) is 1. The predicted molar refractivity (Wildman–Crippen MR) is 97.9 cm³/mol. The molecular formula is C20H24N2O2. The first-order valence-electron chi connectivity index (χ1n) is 8.47. The van der Waals surface area contributed by atoms with Crippen molar-refractivity contribution in [2.45, 2.75) is 26.7 Å². The van der Waals surface area contributed by atoms with Gasteiger partial charge in [0.2, 0.25) is 0 Å². The van der Waals surface area contributed by atoms with Crippen molar-refractivity contribution in [2.24, 2.45) is 0 Å². The minimum Gasteiger partial charge on any atom is -0.484 e. The van der Waals surface area contributed by atoms with E-state index in [1.807, 2.05) is 44.2 Å². The summed E-state index contributed by atoms with van der Waals surface area (Å²) in [5.74, 6) is 0.560. The quantitative estimate of drug-likeness (QED) is 0.906. The Morgan fingerprint density at radius 2 is 1.79 bits per heavy atom. The van der Waals surface area contributed by atoms with E-state index in [2.05, 4.69) is 22.3 Å². The smallest absolute Gasteiger partial charge is 0.262 e. The lowest BCUT2D eigenvalue weighted by molar-refractivity contribution is -0.118. The number of carbonyl (C=O) groups excluding carboxylic acids is 1. The van der Waals surface area contributed by atoms with Gasteiger partial charge in [-0.1, -0.05) is 17.7 Å². The number of amides is 1. The zero-order valence-electron chi connectivity index (χ0n) is 14.3. The molecule has 1 aliphatic heterocycles. The lowest BCUT2D eigenvalue weighted by Gasteiger charge is -2.19. The van der Waals surface area contributed by atoms with Gasteiger partial charge in [-0.2, -0.15) is 0 Å². The van der Waals surface area contributed by atoms with Gasteiger partial charge in [0.1, 0.15) is 5.75 Å². The third-order valence-electron chi connectivity index (χ3n) is 4.35. The summed E-state index contributed by atoms with van der Waals surface area (Å²) in [5, 5.41) is 2.93. The van der Waals surface area contributed by atoms with Crippen LogP contribution >= 0.6 is 0 Å². The van der Waals surface area contributed by atoms with E-state index in [0.717, 1.165) is 24.3 Å². The maximum absolute atomic E-state index is 12.1. The van der Waals surface area contributed by atoms with Crippen molar-refractivity contribution in [1.82, 2.24) is 0 Å². The number of anilines is 2. The van der Waals surface area contributed by atoms with Crippen LogP contribution in [0.1, 0.15) is 24.0 Å². The third kappa shape index (κ3) is 4.07. The average molecular weight is 324 g/mol. The molecule has 2 aromatic rings. The van der Waals surface area contributed by atoms with E-state index in [1.54, 1.807) is 0 Å². The Morgan fingerprint density at radius 3 is 2.46 bits per heavy atom. The Bertz CT molecular complexity index is 704. The van der Waals surface area contributed by atoms with Gasteiger partial charge >= 0.3 is 0 Å². The van der Waals surface area contributed by atoms with Crippen LogP contribution < -0.4 is 15.0 Å². The summed E-state index contributed by atoms with van der Waals surface area (Å²) in [6.45, 7) is 6.29. The fourth-order valence-corrected chi connectivity index (χ4v) is 2.93. The van der Waals surface area contributed by atoms with Gasteiger partial charge in [-0.15, -0.1) is 0 Å². The molecule has 1 amide bonds. The van der Waals surface area contributed by atoms with Gasteiger partial charge in [0.25, 0.3) is 5.91 Å². The highest BCUT2D eigenvalue weighted by atomic mass is 16.5. The van der Waals surface area contributed by atoms with Crippen molar-refractivity contribution >= 4 is 17.3 Å². The fourth-order valence-electron chi connectivity index (χ4n) is 2.93. The van der Waals surface area contributed by atoms with Crippen molar-refractivity contribution in [2.75, 3.05) is 29.9 Å². The predicted octanol–water partition coefficient (Wildman–Crippen LogP) is 3.92. The van der Waals surface area contributed by atoms with Gasteiger partial charge in [-0.25, -0.2) is 0 Å². The topological polar surface area (TPSA) is 41.6 Å². The number of carbonyl (C=O) groups is 1. The van der Waals surface area contributed by atoms with Crippen LogP contribution in [-0.4, -0.2) is 25.6 Å². The van der Waals surface area contributed by atoms with Gasteiger partial charge in [0.15, 0.2) is 6.61 Å². The van der Waals surface area contributed by atoms with Crippen LogP contribution in [0.15, 0.2) is 42.5 Å². The molecular weight excluding hydrogens is 300 g/mol. The molecule has 1 aliphatic rings. The third-order valence-corrected chi connectivity index (χ3v) is 4.35. The molecule has 0 unspecified atom stereocenters. The summed E-state index contributed by atoms with van der Waals surface area (Å²) in [5.41, 5.74) is 4.32. The molecule has 1 saturated heterocycles. The number of rotatable bonds is 5. The Hall–Kier alpha value is -2.49. The number of nitrogens with zero attached hydrogens (tertiary/aromatic N) is 1. The second-order valence-corrected chi connectivity index (χ2v) is 6.34. The fraction of sp³-hybridized carbons (Fsp3) is 0.350. The Balaban J connectivity index is 1.56. The molecule has 0 saturated carbocycles. The highest BCUT2D eigenvalue weighted by Gasteiger charge is 2.13. The maximum Gasteiger partial charge on any atom is 0.262 e. The van der Waals surface area contributed by atoms with Gasteiger partial charge in [-0.05, 0) is 62.6 Å². The monoisotopic (exact) mass is 324 g/mol. The molecule has 4 nitrogen and oxygen atoms in total. The summed E-state index contributed by atoms with van der Waals surface area (Å²) < 4.78 is 5.52. The van der Waals surface area contributed by atoms with Crippen LogP contribution in [0, 0.1) is 13.8 Å². The van der Waals surface area contributed by atoms with Crippen LogP contribution in [-0.2, 0) is 4.79 Å². The maximum atomic E-state index is 12.1. The standard InChI is InChI=1S/C20H24N2O2/c1-15-5-8-18(9-6-15)24-14-20(23)21-19-10-7-17(13-16(19)2)22-11-3-4-12-22/h5-10,13H,3-4,11-12,14H2,1-2H3,(H,21,23). The van der Waals surface area contributed by atoms with Crippen LogP contribution in [0.2, 0.25) is 0 Å². The van der Waals surface area contributed by atoms with Gasteiger partial charge in [0, 0.05) is 24.5 Å². The molecule has 0 bridgehead atoms. The SMILES string of the molecule is Cc1ccc(OCC(=O)Nc2ccc(N3CCCC3)cc2C)cc1. The lowest BCUT2D eigenvalue weighted by Crippen LogP contribution is -2.21. The van der Waals surface area contributed by atoms with Crippen molar-refractivity contribution in [3.05, 3.63) is 53.6 Å². The van der Waals surface area contributed by atoms with Crippen LogP contribution in [0.3, 0.4) is 0 Å². The molecule has 0 radical (unpaired) electrons. The molecule has 24 heavy (non-hydrogen) atoms. The number of benzene rings is 2. The number of ether oxygens (including phenoxy) is 1. The largest absolute Gasteiger partial charge is 0.484 e. The molecule has 1 fully saturated rings. The lowest BCUT2D eigenvalue weighted by atomic mass is 10.1. The second kappa shape index (κ2) is 7.39. The number of hydrogen-bond acceptors (Lipinski definition) is 3. The van der Waals surface area contributed by atoms with Crippen LogP contribution in [0.5, 0.6) is 5.75 Å². The first-order valence-corrected chi connectivity index (χ1v) is 8.47. The summed E-state index contributed by atoms with van der Waals surface area (Å²) >= 11 is 0. The van der Waals surface area contributed by atoms with E-state index in [0.29, 0.717) is 5.75 Å². The Morgan fingerprint density at radius 1 is 1.08 bits per heavy atom. The molecule has 0 aliphatic carbocycles. The zero-order chi connectivity index (χ0) is 16.9. The van der Waals surface area contributed by atoms with Crippen LogP contribution in [0.4, 0.5) is 11.4 Å². The average Bonchev–Trinajstić information content (AvgIpc) is 3.11. The first-order chi connectivity index (χ1) is 11.6. The molecule has 4 heteroatoms. The Labute approximate surface area is 143 Å². The van der Waals surface area contributed by atoms with Crippen molar-refractivity contribution in [1.29, 1.82) is 0 Å². The van der Waals surface area contributed by atoms with Crippen molar-refractivity contribution in [3.63, 3.8) is 0 Å². The highest BCUT2D eigenvalue weighted by molar-refractivity contribution is 5.92. The summed E-state index contributed by atoms with van der Waals surface area (Å²) in [6.07, 6.45) is 2.52. The molecule has 3 rings (SSSR count). The normalized spacial score (nSPS) is 13.8. The van der Waals surface area contributed by atoms with Gasteiger partial charge < -0.3 is 15.0 Å². The summed E-state index contributed by atoms with van der Waals surface area (Å²) in [4.78, 5) is 14.5. The molecule has 1 heterocycles. The Kier molecular flexibility index (Phi) is 5.04. The van der Waals surface area contributed by atoms with E-state index >= 15 is 0 Å². The number of nitrogens with one attached hydrogen (secondary N) is 1. The molecule has 2 aromatic carbocycles. The van der Waals surface area contributed by atoms with Crippen molar-refractivity contribution in [3.8, 4) is 5.75 Å². The van der Waals surface area contributed by atoms with E-state index in [1.165, 1.54) is 24.1 Å².